The number of hydrogen-bond acceptors (Lipinski definition) is 1. The normalized spacial score (nSPS) is 19.4. The molecule has 0 aromatic heterocycles. The quantitative estimate of drug-likeness (QED) is 0.817. The number of halogens is 1. The molecule has 1 fully saturated rings. The SMILES string of the molecule is CC(NCC1(C(C)C)CC1)c1ccc(Cl)cc1. The van der Waals surface area contributed by atoms with E-state index in [9.17, 15) is 0 Å². The smallest absolute Gasteiger partial charge is 0.0406 e. The first-order valence-electron chi connectivity index (χ1n) is 6.52. The fraction of sp³-hybridized carbons (Fsp3) is 0.600. The Morgan fingerprint density at radius 1 is 1.18 bits per heavy atom. The molecule has 1 aromatic carbocycles. The van der Waals surface area contributed by atoms with Crippen molar-refractivity contribution in [2.24, 2.45) is 11.3 Å². The highest BCUT2D eigenvalue weighted by Gasteiger charge is 2.44. The molecule has 0 heterocycles. The predicted octanol–water partition coefficient (Wildman–Crippen LogP) is 4.43. The van der Waals surface area contributed by atoms with Gasteiger partial charge < -0.3 is 5.32 Å². The van der Waals surface area contributed by atoms with Crippen molar-refractivity contribution in [2.45, 2.75) is 39.7 Å². The third-order valence-electron chi connectivity index (χ3n) is 4.25. The molecule has 2 heteroatoms. The molecule has 94 valence electrons. The van der Waals surface area contributed by atoms with Gasteiger partial charge in [0.15, 0.2) is 0 Å². The molecule has 1 unspecified atom stereocenters. The van der Waals surface area contributed by atoms with Crippen molar-refractivity contribution in [3.05, 3.63) is 34.9 Å². The topological polar surface area (TPSA) is 12.0 Å². The van der Waals surface area contributed by atoms with Crippen molar-refractivity contribution in [1.82, 2.24) is 5.32 Å². The first-order chi connectivity index (χ1) is 8.03. The Balaban J connectivity index is 1.89. The molecule has 1 atom stereocenters. The maximum Gasteiger partial charge on any atom is 0.0406 e. The molecule has 1 N–H and O–H groups in total. The lowest BCUT2D eigenvalue weighted by atomic mass is 9.92. The lowest BCUT2D eigenvalue weighted by Gasteiger charge is -2.23. The summed E-state index contributed by atoms with van der Waals surface area (Å²) >= 11 is 5.90. The second kappa shape index (κ2) is 4.99. The Morgan fingerprint density at radius 3 is 2.24 bits per heavy atom. The minimum absolute atomic E-state index is 0.406. The van der Waals surface area contributed by atoms with Crippen LogP contribution in [0.2, 0.25) is 5.02 Å². The summed E-state index contributed by atoms with van der Waals surface area (Å²) in [5.74, 6) is 0.785. The molecule has 0 radical (unpaired) electrons. The number of benzene rings is 1. The van der Waals surface area contributed by atoms with Crippen LogP contribution in [0.25, 0.3) is 0 Å². The molecule has 0 aliphatic heterocycles. The van der Waals surface area contributed by atoms with Gasteiger partial charge in [-0.3, -0.25) is 0 Å². The fourth-order valence-electron chi connectivity index (χ4n) is 2.34. The van der Waals surface area contributed by atoms with Crippen LogP contribution >= 0.6 is 11.6 Å². The van der Waals surface area contributed by atoms with E-state index >= 15 is 0 Å². The first-order valence-corrected chi connectivity index (χ1v) is 6.90. The summed E-state index contributed by atoms with van der Waals surface area (Å²) < 4.78 is 0. The van der Waals surface area contributed by atoms with Gasteiger partial charge in [-0.25, -0.2) is 0 Å². The molecule has 1 aliphatic carbocycles. The van der Waals surface area contributed by atoms with E-state index in [1.807, 2.05) is 12.1 Å². The molecule has 2 rings (SSSR count). The summed E-state index contributed by atoms with van der Waals surface area (Å²) in [7, 11) is 0. The molecule has 1 nitrogen and oxygen atoms in total. The lowest BCUT2D eigenvalue weighted by molar-refractivity contribution is 0.325. The molecule has 0 bridgehead atoms. The highest BCUT2D eigenvalue weighted by atomic mass is 35.5. The highest BCUT2D eigenvalue weighted by molar-refractivity contribution is 6.30. The first kappa shape index (κ1) is 12.9. The standard InChI is InChI=1S/C15H22ClN/c1-11(2)15(8-9-15)10-17-12(3)13-4-6-14(16)7-5-13/h4-7,11-12,17H,8-10H2,1-3H3. The van der Waals surface area contributed by atoms with Crippen LogP contribution in [0.15, 0.2) is 24.3 Å². The molecule has 1 aromatic rings. The zero-order valence-corrected chi connectivity index (χ0v) is 11.7. The van der Waals surface area contributed by atoms with Gasteiger partial charge in [0.1, 0.15) is 0 Å². The molecular weight excluding hydrogens is 230 g/mol. The maximum absolute atomic E-state index is 5.90. The predicted molar refractivity (Wildman–Crippen MR) is 74.4 cm³/mol. The van der Waals surface area contributed by atoms with Gasteiger partial charge in [0.25, 0.3) is 0 Å². The Bertz CT molecular complexity index is 365. The van der Waals surface area contributed by atoms with Gasteiger partial charge >= 0.3 is 0 Å². The van der Waals surface area contributed by atoms with Gasteiger partial charge in [-0.2, -0.15) is 0 Å². The van der Waals surface area contributed by atoms with E-state index in [0.29, 0.717) is 11.5 Å². The molecule has 17 heavy (non-hydrogen) atoms. The fourth-order valence-corrected chi connectivity index (χ4v) is 2.47. The van der Waals surface area contributed by atoms with Crippen LogP contribution in [0, 0.1) is 11.3 Å². The summed E-state index contributed by atoms with van der Waals surface area (Å²) in [6.07, 6.45) is 2.76. The molecular formula is C15H22ClN. The van der Waals surface area contributed by atoms with E-state index in [0.717, 1.165) is 17.5 Å². The third-order valence-corrected chi connectivity index (χ3v) is 4.50. The number of rotatable bonds is 5. The second-order valence-corrected chi connectivity index (χ2v) is 6.11. The van der Waals surface area contributed by atoms with Crippen LogP contribution < -0.4 is 5.32 Å². The van der Waals surface area contributed by atoms with Gasteiger partial charge in [0.2, 0.25) is 0 Å². The van der Waals surface area contributed by atoms with Gasteiger partial charge in [0, 0.05) is 17.6 Å². The molecule has 0 saturated heterocycles. The Labute approximate surface area is 110 Å². The van der Waals surface area contributed by atoms with Crippen LogP contribution in [0.4, 0.5) is 0 Å². The zero-order valence-electron chi connectivity index (χ0n) is 11.0. The maximum atomic E-state index is 5.90. The van der Waals surface area contributed by atoms with E-state index in [2.05, 4.69) is 38.2 Å². The second-order valence-electron chi connectivity index (χ2n) is 5.67. The number of hydrogen-bond donors (Lipinski definition) is 1. The monoisotopic (exact) mass is 251 g/mol. The van der Waals surface area contributed by atoms with Crippen LogP contribution in [0.3, 0.4) is 0 Å². The average molecular weight is 252 g/mol. The summed E-state index contributed by atoms with van der Waals surface area (Å²) in [4.78, 5) is 0. The summed E-state index contributed by atoms with van der Waals surface area (Å²) in [5.41, 5.74) is 1.88. The molecule has 1 aliphatic rings. The van der Waals surface area contributed by atoms with Crippen LogP contribution in [0.5, 0.6) is 0 Å². The van der Waals surface area contributed by atoms with Crippen LogP contribution in [-0.4, -0.2) is 6.54 Å². The van der Waals surface area contributed by atoms with E-state index in [4.69, 9.17) is 11.6 Å². The molecule has 1 saturated carbocycles. The van der Waals surface area contributed by atoms with Gasteiger partial charge in [-0.05, 0) is 48.8 Å². The summed E-state index contributed by atoms with van der Waals surface area (Å²) in [6, 6.07) is 8.54. The third kappa shape index (κ3) is 3.02. The number of nitrogens with one attached hydrogen (secondary N) is 1. The van der Waals surface area contributed by atoms with E-state index in [1.165, 1.54) is 18.4 Å². The Kier molecular flexibility index (Phi) is 3.79. The highest BCUT2D eigenvalue weighted by Crippen LogP contribution is 2.51. The molecule has 0 amide bonds. The van der Waals surface area contributed by atoms with Crippen molar-refractivity contribution in [3.8, 4) is 0 Å². The van der Waals surface area contributed by atoms with E-state index in [1.54, 1.807) is 0 Å². The minimum Gasteiger partial charge on any atom is -0.310 e. The minimum atomic E-state index is 0.406. The summed E-state index contributed by atoms with van der Waals surface area (Å²) in [6.45, 7) is 8.03. The van der Waals surface area contributed by atoms with Crippen molar-refractivity contribution in [3.63, 3.8) is 0 Å². The Hall–Kier alpha value is -0.530. The van der Waals surface area contributed by atoms with Crippen molar-refractivity contribution < 1.29 is 0 Å². The Morgan fingerprint density at radius 2 is 1.76 bits per heavy atom. The van der Waals surface area contributed by atoms with Crippen molar-refractivity contribution in [1.29, 1.82) is 0 Å². The van der Waals surface area contributed by atoms with E-state index in [-0.39, 0.29) is 0 Å². The van der Waals surface area contributed by atoms with Gasteiger partial charge in [-0.1, -0.05) is 37.6 Å². The van der Waals surface area contributed by atoms with Gasteiger partial charge in [-0.15, -0.1) is 0 Å². The largest absolute Gasteiger partial charge is 0.310 e. The lowest BCUT2D eigenvalue weighted by Crippen LogP contribution is -2.29. The van der Waals surface area contributed by atoms with Gasteiger partial charge in [0.05, 0.1) is 0 Å². The van der Waals surface area contributed by atoms with Crippen LogP contribution in [0.1, 0.15) is 45.2 Å². The van der Waals surface area contributed by atoms with E-state index < -0.39 is 0 Å². The average Bonchev–Trinajstić information content (AvgIpc) is 3.08. The zero-order chi connectivity index (χ0) is 12.5. The molecule has 0 spiro atoms. The van der Waals surface area contributed by atoms with Crippen LogP contribution in [-0.2, 0) is 0 Å². The van der Waals surface area contributed by atoms with Crippen molar-refractivity contribution >= 4 is 11.6 Å². The van der Waals surface area contributed by atoms with Crippen molar-refractivity contribution in [2.75, 3.05) is 6.54 Å². The summed E-state index contributed by atoms with van der Waals surface area (Å²) in [5, 5.41) is 4.47.